The van der Waals surface area contributed by atoms with E-state index in [1.54, 1.807) is 44.2 Å². The molecule has 1 aromatic heterocycles. The molecule has 1 saturated heterocycles. The number of aromatic hydroxyl groups is 1. The number of benzene rings is 2. The average Bonchev–Trinajstić information content (AvgIpc) is 4.06. The van der Waals surface area contributed by atoms with Crippen molar-refractivity contribution in [1.29, 1.82) is 0 Å². The number of aromatic nitrogens is 2. The molecule has 4 rings (SSSR count). The number of aromatic amines is 1. The SMILES string of the molecule is CC(C)C[C@H](NC(=O)[C@H](Cc1cnc[nH]1)NC(=O)[C@@H](N)CCC(N)=O)C(=O)N[C@@H](CCC(=O)O)C(=O)N[C@@H](Cc1ccc(O)cc1)C(=O)N1CCC[C@H]1C(=O)N[C@@H](Cc1ccccc1)C(=O)N[C@H](C(=O)O)[C@@H](C)O. The van der Waals surface area contributed by atoms with Crippen LogP contribution in [-0.2, 0) is 67.2 Å². The lowest BCUT2D eigenvalue weighted by Gasteiger charge is -2.31. The van der Waals surface area contributed by atoms with Crippen LogP contribution in [0.3, 0.4) is 0 Å². The molecule has 2 heterocycles. The van der Waals surface area contributed by atoms with Gasteiger partial charge in [0.05, 0.1) is 18.5 Å². The first-order valence-electron chi connectivity index (χ1n) is 24.1. The molecule has 74 heavy (non-hydrogen) atoms. The number of carboxylic acid groups (broad SMARTS) is 2. The van der Waals surface area contributed by atoms with Crippen LogP contribution in [0.15, 0.2) is 67.1 Å². The van der Waals surface area contributed by atoms with Crippen LogP contribution in [0, 0.1) is 5.92 Å². The summed E-state index contributed by atoms with van der Waals surface area (Å²) in [6, 6.07) is 2.79. The van der Waals surface area contributed by atoms with Crippen molar-refractivity contribution >= 4 is 59.2 Å². The predicted molar refractivity (Wildman–Crippen MR) is 263 cm³/mol. The van der Waals surface area contributed by atoms with Crippen molar-refractivity contribution in [3.8, 4) is 5.75 Å². The Bertz CT molecular complexity index is 2420. The average molecular weight is 1030 g/mol. The summed E-state index contributed by atoms with van der Waals surface area (Å²) in [7, 11) is 0. The van der Waals surface area contributed by atoms with Gasteiger partial charge in [-0.1, -0.05) is 56.3 Å². The maximum Gasteiger partial charge on any atom is 0.328 e. The van der Waals surface area contributed by atoms with E-state index in [2.05, 4.69) is 41.9 Å². The number of amides is 8. The molecule has 0 spiro atoms. The maximum absolute atomic E-state index is 14.7. The molecule has 402 valence electrons. The molecule has 25 nitrogen and oxygen atoms in total. The fraction of sp³-hybridized carbons (Fsp3) is 0.490. The number of imidazole rings is 1. The normalized spacial score (nSPS) is 16.5. The predicted octanol–water partition coefficient (Wildman–Crippen LogP) is -1.99. The van der Waals surface area contributed by atoms with Gasteiger partial charge in [-0.05, 0) is 68.2 Å². The molecule has 0 bridgehead atoms. The number of likely N-dealkylation sites (tertiary alicyclic amines) is 1. The zero-order valence-corrected chi connectivity index (χ0v) is 41.3. The minimum absolute atomic E-state index is 0.00835. The zero-order valence-electron chi connectivity index (χ0n) is 41.3. The summed E-state index contributed by atoms with van der Waals surface area (Å²) in [4.78, 5) is 141. The second-order valence-corrected chi connectivity index (χ2v) is 18.6. The van der Waals surface area contributed by atoms with Gasteiger partial charge < -0.3 is 73.7 Å². The minimum atomic E-state index is -1.72. The third kappa shape index (κ3) is 18.6. The van der Waals surface area contributed by atoms with Crippen LogP contribution < -0.4 is 43.4 Å². The molecule has 0 aliphatic carbocycles. The van der Waals surface area contributed by atoms with E-state index >= 15 is 0 Å². The number of phenols is 1. The topological polar surface area (TPSA) is 408 Å². The van der Waals surface area contributed by atoms with E-state index in [1.165, 1.54) is 48.6 Å². The van der Waals surface area contributed by atoms with Crippen molar-refractivity contribution in [2.24, 2.45) is 17.4 Å². The lowest BCUT2D eigenvalue weighted by Crippen LogP contribution is -2.61. The number of H-pyrrole nitrogens is 1. The molecule has 9 atom stereocenters. The largest absolute Gasteiger partial charge is 0.508 e. The molecule has 25 heteroatoms. The number of phenolic OH excluding ortho intramolecular Hbond substituents is 1. The Morgan fingerprint density at radius 3 is 1.86 bits per heavy atom. The maximum atomic E-state index is 14.7. The minimum Gasteiger partial charge on any atom is -0.508 e. The van der Waals surface area contributed by atoms with Gasteiger partial charge in [-0.2, -0.15) is 0 Å². The van der Waals surface area contributed by atoms with Crippen molar-refractivity contribution < 1.29 is 68.4 Å². The summed E-state index contributed by atoms with van der Waals surface area (Å²) < 4.78 is 0. The van der Waals surface area contributed by atoms with Crippen molar-refractivity contribution in [1.82, 2.24) is 46.8 Å². The smallest absolute Gasteiger partial charge is 0.328 e. The third-order valence-corrected chi connectivity index (χ3v) is 12.1. The van der Waals surface area contributed by atoms with Gasteiger partial charge in [0.2, 0.25) is 47.3 Å². The summed E-state index contributed by atoms with van der Waals surface area (Å²) in [5.41, 5.74) is 12.6. The summed E-state index contributed by atoms with van der Waals surface area (Å²) in [6.07, 6.45) is -0.276. The highest BCUT2D eigenvalue weighted by molar-refractivity contribution is 5.98. The zero-order chi connectivity index (χ0) is 54.6. The van der Waals surface area contributed by atoms with Crippen LogP contribution in [0.4, 0.5) is 0 Å². The molecule has 2 aromatic carbocycles. The molecule has 1 aliphatic rings. The summed E-state index contributed by atoms with van der Waals surface area (Å²) >= 11 is 0. The Morgan fingerprint density at radius 2 is 1.27 bits per heavy atom. The van der Waals surface area contributed by atoms with Crippen LogP contribution in [0.2, 0.25) is 0 Å². The number of nitrogens with one attached hydrogen (secondary N) is 7. The second-order valence-electron chi connectivity index (χ2n) is 18.6. The van der Waals surface area contributed by atoms with E-state index in [-0.39, 0.29) is 63.2 Å². The number of carboxylic acids is 2. The number of nitrogens with zero attached hydrogens (tertiary/aromatic N) is 2. The monoisotopic (exact) mass is 1030 g/mol. The molecule has 0 unspecified atom stereocenters. The molecule has 1 aliphatic heterocycles. The fourth-order valence-electron chi connectivity index (χ4n) is 8.13. The molecule has 0 saturated carbocycles. The number of carbonyl (C=O) groups is 10. The molecule has 3 aromatic rings. The van der Waals surface area contributed by atoms with Gasteiger partial charge in [0, 0.05) is 50.5 Å². The summed E-state index contributed by atoms with van der Waals surface area (Å²) in [6.45, 7) is 4.68. The summed E-state index contributed by atoms with van der Waals surface area (Å²) in [5.74, 6) is -9.96. The van der Waals surface area contributed by atoms with Crippen LogP contribution >= 0.6 is 0 Å². The lowest BCUT2D eigenvalue weighted by molar-refractivity contribution is -0.145. The first kappa shape index (κ1) is 58.6. The van der Waals surface area contributed by atoms with Crippen LogP contribution in [0.25, 0.3) is 0 Å². The summed E-state index contributed by atoms with van der Waals surface area (Å²) in [5, 5.41) is 54.6. The van der Waals surface area contributed by atoms with E-state index in [9.17, 15) is 68.4 Å². The van der Waals surface area contributed by atoms with Gasteiger partial charge in [-0.15, -0.1) is 0 Å². The fourth-order valence-corrected chi connectivity index (χ4v) is 8.13. The number of primary amides is 1. The third-order valence-electron chi connectivity index (χ3n) is 12.1. The Labute approximate surface area is 426 Å². The van der Waals surface area contributed by atoms with E-state index in [0.29, 0.717) is 23.2 Å². The number of nitrogens with two attached hydrogens (primary N) is 2. The molecular weight excluding hydrogens is 967 g/mol. The number of hydrogen-bond donors (Lipinski definition) is 13. The van der Waals surface area contributed by atoms with E-state index in [4.69, 9.17) is 11.5 Å². The first-order chi connectivity index (χ1) is 35.0. The van der Waals surface area contributed by atoms with Crippen LogP contribution in [-0.4, -0.2) is 155 Å². The second kappa shape index (κ2) is 28.3. The first-order valence-corrected chi connectivity index (χ1v) is 24.1. The number of aliphatic carboxylic acids is 2. The van der Waals surface area contributed by atoms with Crippen molar-refractivity contribution in [3.63, 3.8) is 0 Å². The van der Waals surface area contributed by atoms with E-state index < -0.39 is 126 Å². The van der Waals surface area contributed by atoms with Gasteiger partial charge in [0.1, 0.15) is 42.0 Å². The Kier molecular flexibility index (Phi) is 22.5. The molecule has 15 N–H and O–H groups in total. The van der Waals surface area contributed by atoms with Gasteiger partial charge >= 0.3 is 11.9 Å². The van der Waals surface area contributed by atoms with E-state index in [0.717, 1.165) is 0 Å². The Balaban J connectivity index is 1.61. The Morgan fingerprint density at radius 1 is 0.703 bits per heavy atom. The number of carbonyl (C=O) groups excluding carboxylic acids is 8. The van der Waals surface area contributed by atoms with Gasteiger partial charge in [0.15, 0.2) is 6.04 Å². The number of rotatable bonds is 29. The number of aliphatic hydroxyl groups is 1. The molecule has 1 fully saturated rings. The lowest BCUT2D eigenvalue weighted by atomic mass is 10.00. The molecule has 0 radical (unpaired) electrons. The quantitative estimate of drug-likeness (QED) is 0.0358. The van der Waals surface area contributed by atoms with Gasteiger partial charge in [0.25, 0.3) is 0 Å². The Hall–Kier alpha value is -7.93. The van der Waals surface area contributed by atoms with E-state index in [1.807, 2.05) is 0 Å². The van der Waals surface area contributed by atoms with Crippen molar-refractivity contribution in [2.45, 2.75) is 139 Å². The van der Waals surface area contributed by atoms with Crippen LogP contribution in [0.1, 0.15) is 82.5 Å². The van der Waals surface area contributed by atoms with Crippen LogP contribution in [0.5, 0.6) is 5.75 Å². The van der Waals surface area contributed by atoms with Crippen molar-refractivity contribution in [2.75, 3.05) is 6.54 Å². The molecule has 8 amide bonds. The molecular formula is C49H67N11O14. The van der Waals surface area contributed by atoms with Gasteiger partial charge in [-0.3, -0.25) is 43.2 Å². The highest BCUT2D eigenvalue weighted by Crippen LogP contribution is 2.22. The van der Waals surface area contributed by atoms with Crippen molar-refractivity contribution in [3.05, 3.63) is 83.9 Å². The number of hydrogen-bond acceptors (Lipinski definition) is 14. The highest BCUT2D eigenvalue weighted by Gasteiger charge is 2.41. The van der Waals surface area contributed by atoms with Gasteiger partial charge in [-0.25, -0.2) is 9.78 Å². The number of aliphatic hydroxyl groups excluding tert-OH is 1. The highest BCUT2D eigenvalue weighted by atomic mass is 16.4. The standard InChI is InChI=1S/C49H67N11O14/c1-26(2)20-34(56-45(69)36(23-30-24-52-25-53-30)55-42(66)32(50)15-17-39(51)63)44(68)54-33(16-18-40(64)65)43(67)58-37(22-29-11-13-31(62)14-12-29)48(72)60-19-7-10-38(60)47(71)57-35(21-28-8-5-4-6-9-28)46(70)59-41(27(3)61)49(73)74/h4-6,8-9,11-14,24-27,32-38,41,61-62H,7,10,15-23,50H2,1-3H3,(H2,51,63)(H,52,53)(H,54,68)(H,55,66)(H,56,69)(H,57,71)(H,58,67)(H,59,70)(H,64,65)(H,73,74)/t27-,32+,33+,34+,35+,36+,37+,38+,41+/m1/s1.